The summed E-state index contributed by atoms with van der Waals surface area (Å²) in [6, 6.07) is 1.11. The smallest absolute Gasteiger partial charge is 0.151 e. The van der Waals surface area contributed by atoms with E-state index in [9.17, 15) is 13.5 Å². The van der Waals surface area contributed by atoms with E-state index in [4.69, 9.17) is 0 Å². The normalized spacial score (nSPS) is 47.3. The van der Waals surface area contributed by atoms with E-state index in [0.29, 0.717) is 23.6 Å². The third-order valence-corrected chi connectivity index (χ3v) is 6.15. The molecule has 0 spiro atoms. The predicted octanol–water partition coefficient (Wildman–Crippen LogP) is 0.161. The Morgan fingerprint density at radius 2 is 1.62 bits per heavy atom. The topological polar surface area (TPSA) is 57.6 Å². The molecule has 3 unspecified atom stereocenters. The van der Waals surface area contributed by atoms with Gasteiger partial charge in [0.15, 0.2) is 9.84 Å². The van der Waals surface area contributed by atoms with Gasteiger partial charge < -0.3 is 5.11 Å². The summed E-state index contributed by atoms with van der Waals surface area (Å²) in [5.41, 5.74) is 0. The van der Waals surface area contributed by atoms with Crippen molar-refractivity contribution in [3.8, 4) is 0 Å². The van der Waals surface area contributed by atoms with Crippen LogP contribution in [0.1, 0.15) is 32.1 Å². The summed E-state index contributed by atoms with van der Waals surface area (Å²) < 4.78 is 23.0. The number of fused-ring (bicyclic) bond motifs is 2. The molecule has 3 fully saturated rings. The van der Waals surface area contributed by atoms with Crippen LogP contribution in [0, 0.1) is 0 Å². The van der Waals surface area contributed by atoms with Crippen LogP contribution < -0.4 is 0 Å². The molecule has 16 heavy (non-hydrogen) atoms. The second-order valence-electron chi connectivity index (χ2n) is 5.51. The highest BCUT2D eigenvalue weighted by Gasteiger charge is 2.46. The fraction of sp³-hybridized carbons (Fsp3) is 1.00. The molecule has 3 atom stereocenters. The van der Waals surface area contributed by atoms with Crippen molar-refractivity contribution in [1.82, 2.24) is 4.90 Å². The number of aliphatic hydroxyl groups is 1. The zero-order chi connectivity index (χ0) is 11.3. The second-order valence-corrected chi connectivity index (χ2v) is 7.74. The average molecular weight is 245 g/mol. The van der Waals surface area contributed by atoms with E-state index in [-0.39, 0.29) is 12.1 Å². The third kappa shape index (κ3) is 1.79. The van der Waals surface area contributed by atoms with Crippen molar-refractivity contribution in [3.63, 3.8) is 0 Å². The summed E-state index contributed by atoms with van der Waals surface area (Å²) in [4.78, 5) is 2.41. The van der Waals surface area contributed by atoms with Gasteiger partial charge in [-0.2, -0.15) is 0 Å². The molecule has 0 radical (unpaired) electrons. The Morgan fingerprint density at radius 1 is 1.00 bits per heavy atom. The molecule has 0 aliphatic carbocycles. The van der Waals surface area contributed by atoms with Gasteiger partial charge in [-0.3, -0.25) is 4.90 Å². The van der Waals surface area contributed by atoms with E-state index in [1.807, 2.05) is 0 Å². The number of rotatable bonds is 1. The van der Waals surface area contributed by atoms with Crippen molar-refractivity contribution in [1.29, 1.82) is 0 Å². The van der Waals surface area contributed by atoms with E-state index in [1.54, 1.807) is 0 Å². The van der Waals surface area contributed by atoms with Crippen LogP contribution >= 0.6 is 0 Å². The molecule has 3 saturated heterocycles. The maximum atomic E-state index is 11.5. The van der Waals surface area contributed by atoms with E-state index in [1.165, 1.54) is 0 Å². The molecular weight excluding hydrogens is 226 g/mol. The predicted molar refractivity (Wildman–Crippen MR) is 60.9 cm³/mol. The van der Waals surface area contributed by atoms with Crippen LogP contribution in [0.2, 0.25) is 0 Å². The van der Waals surface area contributed by atoms with Crippen molar-refractivity contribution in [2.24, 2.45) is 0 Å². The Bertz CT molecular complexity index is 367. The first-order chi connectivity index (χ1) is 7.55. The number of nitrogens with zero attached hydrogens (tertiary/aromatic N) is 1. The molecule has 0 aromatic rings. The molecule has 2 bridgehead atoms. The first-order valence-corrected chi connectivity index (χ1v) is 8.03. The van der Waals surface area contributed by atoms with Crippen LogP contribution in [0.15, 0.2) is 0 Å². The number of aliphatic hydroxyl groups excluding tert-OH is 1. The van der Waals surface area contributed by atoms with Crippen LogP contribution in [-0.4, -0.2) is 54.2 Å². The minimum absolute atomic E-state index is 0.160. The molecule has 5 heteroatoms. The maximum Gasteiger partial charge on any atom is 0.151 e. The van der Waals surface area contributed by atoms with E-state index < -0.39 is 9.84 Å². The van der Waals surface area contributed by atoms with Gasteiger partial charge in [-0.1, -0.05) is 0 Å². The fourth-order valence-electron chi connectivity index (χ4n) is 3.79. The quantitative estimate of drug-likeness (QED) is 0.715. The van der Waals surface area contributed by atoms with Crippen LogP contribution in [0.25, 0.3) is 0 Å². The largest absolute Gasteiger partial charge is 0.393 e. The van der Waals surface area contributed by atoms with Crippen LogP contribution in [0.5, 0.6) is 0 Å². The highest BCUT2D eigenvalue weighted by Crippen LogP contribution is 2.39. The van der Waals surface area contributed by atoms with Gasteiger partial charge >= 0.3 is 0 Å². The van der Waals surface area contributed by atoms with Gasteiger partial charge in [-0.05, 0) is 32.1 Å². The van der Waals surface area contributed by atoms with Gasteiger partial charge in [0.2, 0.25) is 0 Å². The number of hydrogen-bond acceptors (Lipinski definition) is 4. The van der Waals surface area contributed by atoms with Crippen molar-refractivity contribution >= 4 is 9.84 Å². The number of hydrogen-bond donors (Lipinski definition) is 1. The van der Waals surface area contributed by atoms with Crippen molar-refractivity contribution in [2.45, 2.75) is 56.3 Å². The second kappa shape index (κ2) is 3.68. The summed E-state index contributed by atoms with van der Waals surface area (Å²) in [7, 11) is -2.78. The standard InChI is InChI=1S/C11H19NO3S/c13-11-5-8-1-2-9(6-11)12(8)10-3-4-16(14,15)7-10/h8-11,13H,1-7H2. The molecule has 3 heterocycles. The Hall–Kier alpha value is -0.130. The van der Waals surface area contributed by atoms with Gasteiger partial charge in [0.25, 0.3) is 0 Å². The molecule has 3 aliphatic rings. The Kier molecular flexibility index (Phi) is 2.53. The molecule has 0 aromatic carbocycles. The number of sulfone groups is 1. The van der Waals surface area contributed by atoms with Gasteiger partial charge in [0.1, 0.15) is 0 Å². The van der Waals surface area contributed by atoms with Crippen LogP contribution in [0.4, 0.5) is 0 Å². The Morgan fingerprint density at radius 3 is 2.12 bits per heavy atom. The monoisotopic (exact) mass is 245 g/mol. The lowest BCUT2D eigenvalue weighted by atomic mass is 9.97. The van der Waals surface area contributed by atoms with Crippen molar-refractivity contribution in [2.75, 3.05) is 11.5 Å². The lowest BCUT2D eigenvalue weighted by Crippen LogP contribution is -2.50. The van der Waals surface area contributed by atoms with Gasteiger partial charge in [-0.25, -0.2) is 8.42 Å². The van der Waals surface area contributed by atoms with Gasteiger partial charge in [0, 0.05) is 18.1 Å². The molecule has 3 aliphatic heterocycles. The van der Waals surface area contributed by atoms with E-state index in [2.05, 4.69) is 4.90 Å². The molecule has 3 rings (SSSR count). The SMILES string of the molecule is O=S1(=O)CCC(N2C3CCC2CC(O)C3)C1. The first-order valence-electron chi connectivity index (χ1n) is 6.21. The summed E-state index contributed by atoms with van der Waals surface area (Å²) >= 11 is 0. The summed E-state index contributed by atoms with van der Waals surface area (Å²) in [5, 5.41) is 9.71. The van der Waals surface area contributed by atoms with E-state index in [0.717, 1.165) is 32.1 Å². The summed E-state index contributed by atoms with van der Waals surface area (Å²) in [6.45, 7) is 0. The summed E-state index contributed by atoms with van der Waals surface area (Å²) in [5.74, 6) is 0.701. The third-order valence-electron chi connectivity index (χ3n) is 4.39. The highest BCUT2D eigenvalue weighted by molar-refractivity contribution is 7.91. The fourth-order valence-corrected chi connectivity index (χ4v) is 5.51. The summed E-state index contributed by atoms with van der Waals surface area (Å²) in [6.07, 6.45) is 4.59. The van der Waals surface area contributed by atoms with Crippen molar-refractivity contribution in [3.05, 3.63) is 0 Å². The minimum Gasteiger partial charge on any atom is -0.393 e. The average Bonchev–Trinajstić information content (AvgIpc) is 2.65. The molecule has 1 N–H and O–H groups in total. The molecule has 0 saturated carbocycles. The van der Waals surface area contributed by atoms with E-state index >= 15 is 0 Å². The lowest BCUT2D eigenvalue weighted by Gasteiger charge is -2.40. The van der Waals surface area contributed by atoms with Gasteiger partial charge in [-0.15, -0.1) is 0 Å². The zero-order valence-electron chi connectivity index (χ0n) is 9.38. The molecule has 92 valence electrons. The minimum atomic E-state index is -2.78. The van der Waals surface area contributed by atoms with Crippen LogP contribution in [0.3, 0.4) is 0 Å². The molecular formula is C11H19NO3S. The zero-order valence-corrected chi connectivity index (χ0v) is 10.2. The highest BCUT2D eigenvalue weighted by atomic mass is 32.2. The lowest BCUT2D eigenvalue weighted by molar-refractivity contribution is 0.0162. The maximum absolute atomic E-state index is 11.5. The molecule has 0 aromatic heterocycles. The Labute approximate surface area is 96.6 Å². The van der Waals surface area contributed by atoms with Crippen LogP contribution in [-0.2, 0) is 9.84 Å². The Balaban J connectivity index is 1.77. The van der Waals surface area contributed by atoms with Crippen molar-refractivity contribution < 1.29 is 13.5 Å². The molecule has 4 nitrogen and oxygen atoms in total. The first kappa shape index (κ1) is 11.0. The number of piperidine rings is 1. The molecule has 0 amide bonds. The van der Waals surface area contributed by atoms with Gasteiger partial charge in [0.05, 0.1) is 17.6 Å².